The highest BCUT2D eigenvalue weighted by Crippen LogP contribution is 2.23. The molecule has 1 amide bonds. The van der Waals surface area contributed by atoms with Crippen LogP contribution in [-0.4, -0.2) is 28.5 Å². The molecule has 23 heavy (non-hydrogen) atoms. The van der Waals surface area contributed by atoms with Crippen molar-refractivity contribution in [3.05, 3.63) is 53.6 Å². The molecule has 0 saturated carbocycles. The number of aromatic nitrogens is 2. The maximum Gasteiger partial charge on any atom is 0.338 e. The van der Waals surface area contributed by atoms with Crippen molar-refractivity contribution in [3.63, 3.8) is 0 Å². The van der Waals surface area contributed by atoms with Crippen molar-refractivity contribution in [2.45, 2.75) is 6.92 Å². The number of carbonyl (C=O) groups excluding carboxylic acids is 2. The Hall–Kier alpha value is -3.15. The van der Waals surface area contributed by atoms with Crippen LogP contribution in [0.1, 0.15) is 27.6 Å². The third-order valence-corrected chi connectivity index (χ3v) is 3.45. The molecule has 0 bridgehead atoms. The summed E-state index contributed by atoms with van der Waals surface area (Å²) in [5.41, 5.74) is 8.27. The van der Waals surface area contributed by atoms with Gasteiger partial charge in [-0.25, -0.2) is 9.78 Å². The first-order chi connectivity index (χ1) is 11.1. The number of benzene rings is 2. The molecule has 0 atom stereocenters. The van der Waals surface area contributed by atoms with Crippen LogP contribution < -0.4 is 5.73 Å². The fourth-order valence-electron chi connectivity index (χ4n) is 2.35. The molecule has 3 aromatic rings. The second-order valence-electron chi connectivity index (χ2n) is 4.95. The SMILES string of the molecule is CCOC(=O)c1ccc(-c2nc3c(C(N)=O)cccc3[nH]2)cc1. The number of hydrogen-bond donors (Lipinski definition) is 2. The molecular formula is C17H15N3O3. The van der Waals surface area contributed by atoms with E-state index in [4.69, 9.17) is 10.5 Å². The molecule has 0 aliphatic heterocycles. The number of rotatable bonds is 4. The highest BCUT2D eigenvalue weighted by Gasteiger charge is 2.13. The molecule has 6 nitrogen and oxygen atoms in total. The lowest BCUT2D eigenvalue weighted by atomic mass is 10.1. The van der Waals surface area contributed by atoms with Crippen LogP contribution in [0, 0.1) is 0 Å². The number of amides is 1. The first kappa shape index (κ1) is 14.8. The Labute approximate surface area is 132 Å². The van der Waals surface area contributed by atoms with Gasteiger partial charge in [-0.15, -0.1) is 0 Å². The van der Waals surface area contributed by atoms with Crippen LogP contribution in [0.25, 0.3) is 22.4 Å². The van der Waals surface area contributed by atoms with Gasteiger partial charge in [-0.3, -0.25) is 4.79 Å². The number of nitrogens with zero attached hydrogens (tertiary/aromatic N) is 1. The third-order valence-electron chi connectivity index (χ3n) is 3.45. The van der Waals surface area contributed by atoms with Crippen molar-refractivity contribution >= 4 is 22.9 Å². The van der Waals surface area contributed by atoms with Crippen LogP contribution in [0.5, 0.6) is 0 Å². The van der Waals surface area contributed by atoms with Gasteiger partial charge in [-0.05, 0) is 31.2 Å². The Kier molecular flexibility index (Phi) is 3.80. The largest absolute Gasteiger partial charge is 0.462 e. The quantitative estimate of drug-likeness (QED) is 0.723. The summed E-state index contributed by atoms with van der Waals surface area (Å²) in [4.78, 5) is 30.7. The Morgan fingerprint density at radius 1 is 1.17 bits per heavy atom. The van der Waals surface area contributed by atoms with Crippen LogP contribution >= 0.6 is 0 Å². The maximum absolute atomic E-state index is 11.7. The summed E-state index contributed by atoms with van der Waals surface area (Å²) < 4.78 is 4.95. The van der Waals surface area contributed by atoms with E-state index >= 15 is 0 Å². The second kappa shape index (κ2) is 5.92. The third kappa shape index (κ3) is 2.78. The number of imidazole rings is 1. The fourth-order valence-corrected chi connectivity index (χ4v) is 2.35. The molecule has 116 valence electrons. The molecule has 0 unspecified atom stereocenters. The van der Waals surface area contributed by atoms with Gasteiger partial charge in [-0.1, -0.05) is 18.2 Å². The van der Waals surface area contributed by atoms with E-state index in [0.29, 0.717) is 29.1 Å². The van der Waals surface area contributed by atoms with Crippen molar-refractivity contribution in [2.24, 2.45) is 5.73 Å². The highest BCUT2D eigenvalue weighted by molar-refractivity contribution is 6.04. The number of H-pyrrole nitrogens is 1. The van der Waals surface area contributed by atoms with Crippen LogP contribution in [0.4, 0.5) is 0 Å². The zero-order valence-corrected chi connectivity index (χ0v) is 12.5. The molecule has 6 heteroatoms. The molecule has 0 aliphatic rings. The first-order valence-electron chi connectivity index (χ1n) is 7.16. The smallest absolute Gasteiger partial charge is 0.338 e. The number of esters is 1. The number of para-hydroxylation sites is 1. The molecular weight excluding hydrogens is 294 g/mol. The lowest BCUT2D eigenvalue weighted by molar-refractivity contribution is 0.0526. The lowest BCUT2D eigenvalue weighted by Gasteiger charge is -2.02. The van der Waals surface area contributed by atoms with Crippen molar-refractivity contribution in [1.29, 1.82) is 0 Å². The van der Waals surface area contributed by atoms with Gasteiger partial charge in [0.1, 0.15) is 11.3 Å². The maximum atomic E-state index is 11.7. The molecule has 2 aromatic carbocycles. The van der Waals surface area contributed by atoms with Gasteiger partial charge >= 0.3 is 5.97 Å². The van der Waals surface area contributed by atoms with Gasteiger partial charge in [-0.2, -0.15) is 0 Å². The summed E-state index contributed by atoms with van der Waals surface area (Å²) in [6.07, 6.45) is 0. The van der Waals surface area contributed by atoms with Crippen LogP contribution in [0.2, 0.25) is 0 Å². The average Bonchev–Trinajstić information content (AvgIpc) is 2.99. The van der Waals surface area contributed by atoms with Crippen LogP contribution in [0.15, 0.2) is 42.5 Å². The van der Waals surface area contributed by atoms with Gasteiger partial charge < -0.3 is 15.5 Å². The zero-order chi connectivity index (χ0) is 16.4. The number of fused-ring (bicyclic) bond motifs is 1. The highest BCUT2D eigenvalue weighted by atomic mass is 16.5. The number of hydrogen-bond acceptors (Lipinski definition) is 4. The Morgan fingerprint density at radius 2 is 1.91 bits per heavy atom. The van der Waals surface area contributed by atoms with Gasteiger partial charge in [0.05, 0.1) is 23.3 Å². The van der Waals surface area contributed by atoms with Crippen LogP contribution in [0.3, 0.4) is 0 Å². The van der Waals surface area contributed by atoms with Crippen LogP contribution in [-0.2, 0) is 4.74 Å². The van der Waals surface area contributed by atoms with E-state index in [1.807, 2.05) is 6.07 Å². The van der Waals surface area contributed by atoms with Gasteiger partial charge in [0.2, 0.25) is 0 Å². The summed E-state index contributed by atoms with van der Waals surface area (Å²) in [7, 11) is 0. The van der Waals surface area contributed by atoms with E-state index < -0.39 is 5.91 Å². The Morgan fingerprint density at radius 3 is 2.57 bits per heavy atom. The Bertz CT molecular complexity index is 882. The van der Waals surface area contributed by atoms with E-state index in [1.165, 1.54) is 0 Å². The number of carbonyl (C=O) groups is 2. The molecule has 1 aromatic heterocycles. The number of primary amides is 1. The first-order valence-corrected chi connectivity index (χ1v) is 7.16. The summed E-state index contributed by atoms with van der Waals surface area (Å²) in [5.74, 6) is -0.282. The van der Waals surface area contributed by atoms with Gasteiger partial charge in [0.15, 0.2) is 0 Å². The van der Waals surface area contributed by atoms with Crippen molar-refractivity contribution < 1.29 is 14.3 Å². The predicted molar refractivity (Wildman–Crippen MR) is 86.0 cm³/mol. The van der Waals surface area contributed by atoms with Gasteiger partial charge in [0, 0.05) is 5.56 Å². The molecule has 0 saturated heterocycles. The molecule has 0 fully saturated rings. The van der Waals surface area contributed by atoms with Crippen molar-refractivity contribution in [1.82, 2.24) is 9.97 Å². The second-order valence-corrected chi connectivity index (χ2v) is 4.95. The number of aromatic amines is 1. The average molecular weight is 309 g/mol. The van der Waals surface area contributed by atoms with E-state index in [2.05, 4.69) is 9.97 Å². The van der Waals surface area contributed by atoms with E-state index in [0.717, 1.165) is 11.1 Å². The summed E-state index contributed by atoms with van der Waals surface area (Å²) in [6.45, 7) is 2.09. The molecule has 1 heterocycles. The van der Waals surface area contributed by atoms with Crippen molar-refractivity contribution in [2.75, 3.05) is 6.61 Å². The molecule has 3 N–H and O–H groups in total. The minimum Gasteiger partial charge on any atom is -0.462 e. The summed E-state index contributed by atoms with van der Waals surface area (Å²) >= 11 is 0. The van der Waals surface area contributed by atoms with Crippen molar-refractivity contribution in [3.8, 4) is 11.4 Å². The predicted octanol–water partition coefficient (Wildman–Crippen LogP) is 2.51. The van der Waals surface area contributed by atoms with E-state index in [1.54, 1.807) is 43.3 Å². The van der Waals surface area contributed by atoms with E-state index in [9.17, 15) is 9.59 Å². The fraction of sp³-hybridized carbons (Fsp3) is 0.118. The lowest BCUT2D eigenvalue weighted by Crippen LogP contribution is -2.11. The molecule has 0 aliphatic carbocycles. The van der Waals surface area contributed by atoms with Gasteiger partial charge in [0.25, 0.3) is 5.91 Å². The topological polar surface area (TPSA) is 98.1 Å². The minimum absolute atomic E-state index is 0.333. The molecule has 3 rings (SSSR count). The number of ether oxygens (including phenoxy) is 1. The summed E-state index contributed by atoms with van der Waals surface area (Å²) in [5, 5.41) is 0. The molecule has 0 radical (unpaired) electrons. The normalized spacial score (nSPS) is 10.7. The standard InChI is InChI=1S/C17H15N3O3/c1-2-23-17(22)11-8-6-10(7-9-11)16-19-13-5-3-4-12(15(18)21)14(13)20-16/h3-9H,2H2,1H3,(H2,18,21)(H,19,20). The Balaban J connectivity index is 1.99. The number of nitrogens with two attached hydrogens (primary N) is 1. The monoisotopic (exact) mass is 309 g/mol. The zero-order valence-electron chi connectivity index (χ0n) is 12.5. The van der Waals surface area contributed by atoms with E-state index in [-0.39, 0.29) is 5.97 Å². The summed E-state index contributed by atoms with van der Waals surface area (Å²) in [6, 6.07) is 12.1. The number of nitrogens with one attached hydrogen (secondary N) is 1. The minimum atomic E-state index is -0.522. The molecule has 0 spiro atoms.